The van der Waals surface area contributed by atoms with E-state index in [9.17, 15) is 14.4 Å². The summed E-state index contributed by atoms with van der Waals surface area (Å²) in [6.07, 6.45) is 1.37. The van der Waals surface area contributed by atoms with Crippen molar-refractivity contribution < 1.29 is 28.4 Å². The Bertz CT molecular complexity index is 995. The fraction of sp³-hybridized carbons (Fsp3) is 0.520. The molecule has 184 valence electrons. The van der Waals surface area contributed by atoms with E-state index in [2.05, 4.69) is 10.5 Å². The number of aromatic nitrogens is 1. The number of hydrogen-bond donors (Lipinski definition) is 1. The van der Waals surface area contributed by atoms with Crippen molar-refractivity contribution in [3.8, 4) is 0 Å². The second kappa shape index (κ2) is 10.7. The van der Waals surface area contributed by atoms with E-state index in [4.69, 9.17) is 14.0 Å². The molecular formula is C25H33N3O6. The molecule has 1 N–H and O–H groups in total. The van der Waals surface area contributed by atoms with Crippen LogP contribution in [0.5, 0.6) is 0 Å². The Balaban J connectivity index is 1.43. The van der Waals surface area contributed by atoms with Gasteiger partial charge in [0.2, 0.25) is 5.91 Å². The maximum atomic E-state index is 12.5. The van der Waals surface area contributed by atoms with Crippen LogP contribution in [0.25, 0.3) is 0 Å². The molecule has 2 aromatic rings. The summed E-state index contributed by atoms with van der Waals surface area (Å²) in [4.78, 5) is 38.6. The molecule has 0 radical (unpaired) electrons. The minimum Gasteiger partial charge on any atom is -0.459 e. The Labute approximate surface area is 199 Å². The van der Waals surface area contributed by atoms with Gasteiger partial charge >= 0.3 is 12.1 Å². The number of piperidine rings is 1. The third-order valence-electron chi connectivity index (χ3n) is 5.56. The summed E-state index contributed by atoms with van der Waals surface area (Å²) in [6.45, 7) is 10.1. The molecular weight excluding hydrogens is 438 g/mol. The second-order valence-corrected chi connectivity index (χ2v) is 9.50. The smallest absolute Gasteiger partial charge is 0.410 e. The van der Waals surface area contributed by atoms with Crippen LogP contribution in [0.1, 0.15) is 67.4 Å². The van der Waals surface area contributed by atoms with Crippen LogP contribution in [0.15, 0.2) is 28.8 Å². The van der Waals surface area contributed by atoms with Crippen LogP contribution in [-0.4, -0.2) is 52.8 Å². The Morgan fingerprint density at radius 2 is 1.76 bits per heavy atom. The van der Waals surface area contributed by atoms with Crippen LogP contribution in [0.3, 0.4) is 0 Å². The van der Waals surface area contributed by atoms with E-state index in [0.717, 1.165) is 17.0 Å². The van der Waals surface area contributed by atoms with E-state index in [0.29, 0.717) is 50.0 Å². The van der Waals surface area contributed by atoms with Gasteiger partial charge in [-0.2, -0.15) is 0 Å². The van der Waals surface area contributed by atoms with Gasteiger partial charge in [-0.15, -0.1) is 0 Å². The highest BCUT2D eigenvalue weighted by molar-refractivity contribution is 5.93. The molecule has 0 spiro atoms. The van der Waals surface area contributed by atoms with Gasteiger partial charge in [-0.1, -0.05) is 5.16 Å². The Hall–Kier alpha value is -3.36. The van der Waals surface area contributed by atoms with Crippen LogP contribution in [0.4, 0.5) is 10.5 Å². The zero-order valence-corrected chi connectivity index (χ0v) is 20.5. The lowest BCUT2D eigenvalue weighted by atomic mass is 10.1. The summed E-state index contributed by atoms with van der Waals surface area (Å²) in [6, 6.07) is 6.61. The predicted octanol–water partition coefficient (Wildman–Crippen LogP) is 4.42. The van der Waals surface area contributed by atoms with E-state index in [1.807, 2.05) is 34.6 Å². The van der Waals surface area contributed by atoms with Crippen molar-refractivity contribution in [2.45, 2.75) is 72.0 Å². The summed E-state index contributed by atoms with van der Waals surface area (Å²) >= 11 is 0. The van der Waals surface area contributed by atoms with Gasteiger partial charge in [0.1, 0.15) is 17.5 Å². The number of hydrogen-bond acceptors (Lipinski definition) is 7. The molecule has 2 amide bonds. The number of amides is 2. The lowest BCUT2D eigenvalue weighted by Crippen LogP contribution is -2.43. The third-order valence-corrected chi connectivity index (χ3v) is 5.56. The van der Waals surface area contributed by atoms with E-state index in [-0.39, 0.29) is 18.1 Å². The monoisotopic (exact) mass is 471 g/mol. The van der Waals surface area contributed by atoms with Gasteiger partial charge in [0.25, 0.3) is 0 Å². The van der Waals surface area contributed by atoms with Crippen molar-refractivity contribution in [2.24, 2.45) is 0 Å². The first-order valence-corrected chi connectivity index (χ1v) is 11.5. The first-order valence-electron chi connectivity index (χ1n) is 11.5. The number of ether oxygens (including phenoxy) is 2. The largest absolute Gasteiger partial charge is 0.459 e. The zero-order chi connectivity index (χ0) is 24.9. The van der Waals surface area contributed by atoms with Gasteiger partial charge in [0.15, 0.2) is 0 Å². The van der Waals surface area contributed by atoms with Crippen molar-refractivity contribution in [3.63, 3.8) is 0 Å². The molecule has 1 aliphatic heterocycles. The lowest BCUT2D eigenvalue weighted by molar-refractivity contribution is -0.116. The van der Waals surface area contributed by atoms with E-state index >= 15 is 0 Å². The van der Waals surface area contributed by atoms with Gasteiger partial charge in [-0.25, -0.2) is 9.59 Å². The summed E-state index contributed by atoms with van der Waals surface area (Å²) in [5.41, 5.74) is 2.21. The van der Waals surface area contributed by atoms with E-state index in [1.54, 1.807) is 29.2 Å². The molecule has 2 heterocycles. The predicted molar refractivity (Wildman–Crippen MR) is 126 cm³/mol. The molecule has 0 unspecified atom stereocenters. The third kappa shape index (κ3) is 7.07. The van der Waals surface area contributed by atoms with Gasteiger partial charge in [-0.3, -0.25) is 4.79 Å². The maximum absolute atomic E-state index is 12.5. The highest BCUT2D eigenvalue weighted by Crippen LogP contribution is 2.20. The Morgan fingerprint density at radius 3 is 2.32 bits per heavy atom. The van der Waals surface area contributed by atoms with Gasteiger partial charge < -0.3 is 24.2 Å². The lowest BCUT2D eigenvalue weighted by Gasteiger charge is -2.33. The summed E-state index contributed by atoms with van der Waals surface area (Å²) in [5.74, 6) is 0.169. The molecule has 1 aliphatic rings. The molecule has 9 nitrogen and oxygen atoms in total. The number of likely N-dealkylation sites (tertiary alicyclic amines) is 1. The fourth-order valence-corrected chi connectivity index (χ4v) is 3.71. The minimum atomic E-state index is -0.540. The van der Waals surface area contributed by atoms with Crippen LogP contribution < -0.4 is 5.32 Å². The summed E-state index contributed by atoms with van der Waals surface area (Å²) < 4.78 is 16.1. The molecule has 1 aromatic heterocycles. The number of carbonyl (C=O) groups is 3. The van der Waals surface area contributed by atoms with E-state index < -0.39 is 11.6 Å². The highest BCUT2D eigenvalue weighted by atomic mass is 16.6. The molecule has 3 rings (SSSR count). The number of benzene rings is 1. The van der Waals surface area contributed by atoms with Crippen molar-refractivity contribution in [2.75, 3.05) is 18.4 Å². The number of carbonyl (C=O) groups excluding carboxylic acids is 3. The number of nitrogens with zero attached hydrogens (tertiary/aromatic N) is 2. The minimum absolute atomic E-state index is 0.132. The number of aryl methyl sites for hydroxylation is 2. The summed E-state index contributed by atoms with van der Waals surface area (Å²) in [5, 5.41) is 6.73. The molecule has 1 fully saturated rings. The number of rotatable bonds is 6. The van der Waals surface area contributed by atoms with Gasteiger partial charge in [0, 0.05) is 43.6 Å². The molecule has 1 aromatic carbocycles. The highest BCUT2D eigenvalue weighted by Gasteiger charge is 2.28. The van der Waals surface area contributed by atoms with Gasteiger partial charge in [0.05, 0.1) is 11.3 Å². The van der Waals surface area contributed by atoms with Crippen LogP contribution in [0, 0.1) is 13.8 Å². The van der Waals surface area contributed by atoms with Gasteiger partial charge in [-0.05, 0) is 65.3 Å². The van der Waals surface area contributed by atoms with Crippen molar-refractivity contribution in [1.82, 2.24) is 10.1 Å². The van der Waals surface area contributed by atoms with Crippen molar-refractivity contribution in [1.29, 1.82) is 0 Å². The first-order chi connectivity index (χ1) is 16.0. The number of nitrogens with one attached hydrogen (secondary N) is 1. The quantitative estimate of drug-likeness (QED) is 0.621. The normalized spacial score (nSPS) is 14.6. The molecule has 1 saturated heterocycles. The molecule has 9 heteroatoms. The molecule has 34 heavy (non-hydrogen) atoms. The van der Waals surface area contributed by atoms with Crippen molar-refractivity contribution in [3.05, 3.63) is 46.8 Å². The number of esters is 1. The molecule has 0 aliphatic carbocycles. The second-order valence-electron chi connectivity index (χ2n) is 9.50. The molecule has 0 saturated carbocycles. The van der Waals surface area contributed by atoms with Crippen LogP contribution >= 0.6 is 0 Å². The van der Waals surface area contributed by atoms with Crippen molar-refractivity contribution >= 4 is 23.7 Å². The molecule has 0 atom stereocenters. The SMILES string of the molecule is Cc1noc(C)c1CCC(=O)Nc1ccc(C(=O)OC2CCN(C(=O)OC(C)(C)C)CC2)cc1. The topological polar surface area (TPSA) is 111 Å². The standard InChI is InChI=1S/C25H33N3O6/c1-16-21(17(2)34-27-16)10-11-22(29)26-19-8-6-18(7-9-19)23(30)32-20-12-14-28(15-13-20)24(31)33-25(3,4)5/h6-9,20H,10-15H2,1-5H3,(H,26,29). The van der Waals surface area contributed by atoms with Crippen LogP contribution in [-0.2, 0) is 20.7 Å². The average molecular weight is 472 g/mol. The Kier molecular flexibility index (Phi) is 7.96. The fourth-order valence-electron chi connectivity index (χ4n) is 3.71. The average Bonchev–Trinajstić information content (AvgIpc) is 3.09. The maximum Gasteiger partial charge on any atom is 0.410 e. The number of anilines is 1. The zero-order valence-electron chi connectivity index (χ0n) is 20.5. The molecule has 0 bridgehead atoms. The summed E-state index contributed by atoms with van der Waals surface area (Å²) in [7, 11) is 0. The first kappa shape index (κ1) is 25.3. The Morgan fingerprint density at radius 1 is 1.12 bits per heavy atom. The van der Waals surface area contributed by atoms with Crippen LogP contribution in [0.2, 0.25) is 0 Å². The van der Waals surface area contributed by atoms with E-state index in [1.165, 1.54) is 0 Å².